The molecule has 6 nitrogen and oxygen atoms in total. The second kappa shape index (κ2) is 9.95. The van der Waals surface area contributed by atoms with Gasteiger partial charge in [-0.1, -0.05) is 25.5 Å². The van der Waals surface area contributed by atoms with Gasteiger partial charge in [0.05, 0.1) is 17.4 Å². The van der Waals surface area contributed by atoms with Crippen LogP contribution in [0.5, 0.6) is 0 Å². The van der Waals surface area contributed by atoms with Crippen molar-refractivity contribution in [3.63, 3.8) is 0 Å². The number of aliphatic hydroxyl groups excluding tert-OH is 1. The molecule has 2 aliphatic heterocycles. The predicted octanol–water partition coefficient (Wildman–Crippen LogP) is 5.11. The summed E-state index contributed by atoms with van der Waals surface area (Å²) >= 11 is 0. The maximum absolute atomic E-state index is 13.4. The number of nitrogens with one attached hydrogen (secondary N) is 2. The van der Waals surface area contributed by atoms with Crippen LogP contribution in [0.2, 0.25) is 0 Å². The van der Waals surface area contributed by atoms with Gasteiger partial charge >= 0.3 is 6.18 Å². The molecule has 3 N–H and O–H groups in total. The van der Waals surface area contributed by atoms with E-state index in [4.69, 9.17) is 0 Å². The Labute approximate surface area is 201 Å². The lowest BCUT2D eigenvalue weighted by Crippen LogP contribution is -2.29. The fraction of sp³-hybridized carbons (Fsp3) is 0.308. The fourth-order valence-corrected chi connectivity index (χ4v) is 4.20. The number of nitrogens with zero attached hydrogens (tertiary/aromatic N) is 1. The van der Waals surface area contributed by atoms with E-state index in [-0.39, 0.29) is 18.0 Å². The van der Waals surface area contributed by atoms with E-state index in [1.807, 2.05) is 13.0 Å². The minimum atomic E-state index is -4.57. The SMILES string of the molecule is CCCCC(=O)N1C=CC(=CC(=O)Nc2cccc3c2CC(O)CN3)c2ccc(C(F)(F)F)cc21. The average Bonchev–Trinajstić information content (AvgIpc) is 2.82. The Hall–Kier alpha value is -3.59. The number of β-amino-alcohol motifs (C(OH)–C–C–N with tert-alkyl or cyclic N) is 1. The van der Waals surface area contributed by atoms with Crippen LogP contribution in [0, 0.1) is 0 Å². The first-order valence-electron chi connectivity index (χ1n) is 11.5. The number of halogens is 3. The molecule has 2 aliphatic rings. The van der Waals surface area contributed by atoms with E-state index in [2.05, 4.69) is 10.6 Å². The van der Waals surface area contributed by atoms with Crippen molar-refractivity contribution < 1.29 is 27.9 Å². The molecule has 0 saturated carbocycles. The van der Waals surface area contributed by atoms with Crippen molar-refractivity contribution in [1.82, 2.24) is 0 Å². The molecule has 0 radical (unpaired) electrons. The Balaban J connectivity index is 1.65. The normalized spacial score (nSPS) is 18.0. The molecule has 2 heterocycles. The molecule has 0 fully saturated rings. The molecule has 0 bridgehead atoms. The van der Waals surface area contributed by atoms with E-state index in [1.54, 1.807) is 18.2 Å². The Bertz CT molecular complexity index is 1200. The minimum absolute atomic E-state index is 0.0897. The summed E-state index contributed by atoms with van der Waals surface area (Å²) in [5.74, 6) is -0.788. The van der Waals surface area contributed by atoms with E-state index < -0.39 is 23.8 Å². The van der Waals surface area contributed by atoms with Crippen LogP contribution in [-0.4, -0.2) is 29.6 Å². The molecule has 0 aromatic heterocycles. The number of hydrogen-bond acceptors (Lipinski definition) is 4. The van der Waals surface area contributed by atoms with Crippen molar-refractivity contribution >= 4 is 34.4 Å². The largest absolute Gasteiger partial charge is 0.416 e. The molecule has 35 heavy (non-hydrogen) atoms. The third-order valence-corrected chi connectivity index (χ3v) is 6.00. The molecule has 0 spiro atoms. The summed E-state index contributed by atoms with van der Waals surface area (Å²) in [6.07, 6.45) is 1.08. The van der Waals surface area contributed by atoms with Gasteiger partial charge in [-0.15, -0.1) is 0 Å². The molecule has 0 aliphatic carbocycles. The molecule has 4 rings (SSSR count). The summed E-state index contributed by atoms with van der Waals surface area (Å²) in [6.45, 7) is 2.35. The summed E-state index contributed by atoms with van der Waals surface area (Å²) in [6, 6.07) is 8.53. The predicted molar refractivity (Wildman–Crippen MR) is 129 cm³/mol. The van der Waals surface area contributed by atoms with E-state index in [0.717, 1.165) is 29.8 Å². The number of carbonyl (C=O) groups excluding carboxylic acids is 2. The summed E-state index contributed by atoms with van der Waals surface area (Å²) < 4.78 is 40.1. The smallest absolute Gasteiger partial charge is 0.391 e. The second-order valence-corrected chi connectivity index (χ2v) is 8.57. The van der Waals surface area contributed by atoms with E-state index in [1.165, 1.54) is 23.2 Å². The minimum Gasteiger partial charge on any atom is -0.391 e. The zero-order valence-corrected chi connectivity index (χ0v) is 19.2. The Morgan fingerprint density at radius 3 is 2.80 bits per heavy atom. The number of allylic oxidation sites excluding steroid dienone is 2. The average molecular weight is 486 g/mol. The molecule has 2 amide bonds. The lowest BCUT2D eigenvalue weighted by atomic mass is 9.96. The lowest BCUT2D eigenvalue weighted by molar-refractivity contribution is -0.137. The summed E-state index contributed by atoms with van der Waals surface area (Å²) in [5.41, 5.74) is 2.10. The van der Waals surface area contributed by atoms with Gasteiger partial charge in [0.25, 0.3) is 0 Å². The van der Waals surface area contributed by atoms with Gasteiger partial charge in [-0.25, -0.2) is 0 Å². The van der Waals surface area contributed by atoms with Crippen molar-refractivity contribution in [2.45, 2.75) is 44.9 Å². The quantitative estimate of drug-likeness (QED) is 0.515. The monoisotopic (exact) mass is 485 g/mol. The molecule has 2 aromatic carbocycles. The number of benzene rings is 2. The molecule has 1 atom stereocenters. The van der Waals surface area contributed by atoms with Gasteiger partial charge in [0.2, 0.25) is 11.8 Å². The van der Waals surface area contributed by atoms with Gasteiger partial charge < -0.3 is 15.7 Å². The van der Waals surface area contributed by atoms with Crippen molar-refractivity contribution in [3.8, 4) is 0 Å². The molecule has 1 unspecified atom stereocenters. The Morgan fingerprint density at radius 2 is 2.06 bits per heavy atom. The first-order valence-corrected chi connectivity index (χ1v) is 11.5. The number of hydrogen-bond donors (Lipinski definition) is 3. The van der Waals surface area contributed by atoms with Crippen LogP contribution in [0.4, 0.5) is 30.2 Å². The molecule has 9 heteroatoms. The van der Waals surface area contributed by atoms with Crippen molar-refractivity contribution in [3.05, 3.63) is 71.4 Å². The van der Waals surface area contributed by atoms with Gasteiger partial charge in [-0.2, -0.15) is 13.2 Å². The highest BCUT2D eigenvalue weighted by atomic mass is 19.4. The van der Waals surface area contributed by atoms with Crippen LogP contribution in [-0.2, 0) is 22.2 Å². The van der Waals surface area contributed by atoms with Crippen LogP contribution in [0.3, 0.4) is 0 Å². The van der Waals surface area contributed by atoms with Gasteiger partial charge in [-0.05, 0) is 42.3 Å². The van der Waals surface area contributed by atoms with Crippen molar-refractivity contribution in [1.29, 1.82) is 0 Å². The van der Waals surface area contributed by atoms with Gasteiger partial charge in [0.15, 0.2) is 0 Å². The topological polar surface area (TPSA) is 81.7 Å². The van der Waals surface area contributed by atoms with Gasteiger partial charge in [0.1, 0.15) is 0 Å². The van der Waals surface area contributed by atoms with Crippen LogP contribution < -0.4 is 15.5 Å². The fourth-order valence-electron chi connectivity index (χ4n) is 4.20. The summed E-state index contributed by atoms with van der Waals surface area (Å²) in [7, 11) is 0. The first-order chi connectivity index (χ1) is 16.7. The molecule has 2 aromatic rings. The summed E-state index contributed by atoms with van der Waals surface area (Å²) in [4.78, 5) is 26.8. The van der Waals surface area contributed by atoms with Crippen LogP contribution >= 0.6 is 0 Å². The Kier molecular flexibility index (Phi) is 6.98. The highest BCUT2D eigenvalue weighted by Crippen LogP contribution is 2.39. The van der Waals surface area contributed by atoms with Crippen LogP contribution in [0.1, 0.15) is 42.9 Å². The highest BCUT2D eigenvalue weighted by Gasteiger charge is 2.33. The number of unbranched alkanes of at least 4 members (excludes halogenated alkanes) is 1. The number of carbonyl (C=O) groups is 2. The Morgan fingerprint density at radius 1 is 1.26 bits per heavy atom. The summed E-state index contributed by atoms with van der Waals surface area (Å²) in [5, 5.41) is 15.9. The number of alkyl halides is 3. The molecule has 0 saturated heterocycles. The van der Waals surface area contributed by atoms with Gasteiger partial charge in [-0.3, -0.25) is 14.5 Å². The number of rotatable bonds is 5. The molecule has 184 valence electrons. The van der Waals surface area contributed by atoms with E-state index >= 15 is 0 Å². The third-order valence-electron chi connectivity index (χ3n) is 6.00. The number of anilines is 3. The molecular weight excluding hydrogens is 459 g/mol. The zero-order chi connectivity index (χ0) is 25.2. The third kappa shape index (κ3) is 5.40. The lowest BCUT2D eigenvalue weighted by Gasteiger charge is -2.27. The highest BCUT2D eigenvalue weighted by molar-refractivity contribution is 6.09. The standard InChI is InChI=1S/C26H26F3N3O3/c1-2-3-7-25(35)32-11-10-16(19-9-8-17(13-23(19)32)26(27,28)29)12-24(34)31-22-6-4-5-21-20(22)14-18(33)15-30-21/h4-6,8-13,18,30,33H,2-3,7,14-15H2,1H3,(H,31,34). The van der Waals surface area contributed by atoms with Crippen LogP contribution in [0.25, 0.3) is 5.57 Å². The van der Waals surface area contributed by atoms with E-state index in [9.17, 15) is 27.9 Å². The number of amides is 2. The zero-order valence-electron chi connectivity index (χ0n) is 19.2. The van der Waals surface area contributed by atoms with Crippen molar-refractivity contribution in [2.24, 2.45) is 0 Å². The van der Waals surface area contributed by atoms with Crippen molar-refractivity contribution in [2.75, 3.05) is 22.1 Å². The first kappa shape index (κ1) is 24.5. The molecular formula is C26H26F3N3O3. The van der Waals surface area contributed by atoms with Gasteiger partial charge in [0, 0.05) is 54.2 Å². The van der Waals surface area contributed by atoms with Crippen LogP contribution in [0.15, 0.2) is 54.8 Å². The maximum Gasteiger partial charge on any atom is 0.416 e. The number of fused-ring (bicyclic) bond motifs is 2. The van der Waals surface area contributed by atoms with E-state index in [0.29, 0.717) is 36.2 Å². The maximum atomic E-state index is 13.4. The second-order valence-electron chi connectivity index (χ2n) is 8.57. The number of aliphatic hydroxyl groups is 1.